The Kier molecular flexibility index (Phi) is 6.61. The Morgan fingerprint density at radius 2 is 1.44 bits per heavy atom. The van der Waals surface area contributed by atoms with Gasteiger partial charge in [-0.25, -0.2) is 8.42 Å². The van der Waals surface area contributed by atoms with Gasteiger partial charge in [-0.05, 0) is 48.6 Å². The van der Waals surface area contributed by atoms with E-state index in [1.807, 2.05) is 35.2 Å². The maximum absolute atomic E-state index is 13.7. The van der Waals surface area contributed by atoms with Crippen LogP contribution in [-0.4, -0.2) is 32.3 Å². The summed E-state index contributed by atoms with van der Waals surface area (Å²) in [6, 6.07) is 24.9. The van der Waals surface area contributed by atoms with Crippen LogP contribution in [0.3, 0.4) is 0 Å². The summed E-state index contributed by atoms with van der Waals surface area (Å²) in [6.07, 6.45) is 1.92. The topological polar surface area (TPSA) is 57.7 Å². The van der Waals surface area contributed by atoms with E-state index in [-0.39, 0.29) is 17.3 Å². The summed E-state index contributed by atoms with van der Waals surface area (Å²) >= 11 is 0. The van der Waals surface area contributed by atoms with Crippen LogP contribution in [0.15, 0.2) is 89.8 Å². The van der Waals surface area contributed by atoms with E-state index in [0.717, 1.165) is 18.4 Å². The minimum Gasteiger partial charge on any atom is -0.339 e. The molecule has 0 spiro atoms. The van der Waals surface area contributed by atoms with E-state index in [0.29, 0.717) is 30.3 Å². The molecule has 0 aliphatic carbocycles. The first-order chi connectivity index (χ1) is 15.5. The van der Waals surface area contributed by atoms with Crippen molar-refractivity contribution in [3.8, 4) is 0 Å². The number of carbonyl (C=O) groups is 1. The second-order valence-electron chi connectivity index (χ2n) is 8.30. The van der Waals surface area contributed by atoms with Crippen LogP contribution in [0.25, 0.3) is 0 Å². The Morgan fingerprint density at radius 3 is 2.09 bits per heavy atom. The smallest absolute Gasteiger partial charge is 0.264 e. The molecule has 1 saturated heterocycles. The lowest BCUT2D eigenvalue weighted by Gasteiger charge is -2.32. The Balaban J connectivity index is 1.77. The van der Waals surface area contributed by atoms with E-state index in [9.17, 15) is 13.2 Å². The lowest BCUT2D eigenvalue weighted by Crippen LogP contribution is -2.39. The molecule has 5 nitrogen and oxygen atoms in total. The Hall–Kier alpha value is -3.12. The first kappa shape index (κ1) is 22.1. The van der Waals surface area contributed by atoms with Crippen LogP contribution >= 0.6 is 0 Å². The maximum atomic E-state index is 13.7. The molecule has 0 unspecified atom stereocenters. The number of carbonyl (C=O) groups excluding carboxylic acids is 1. The largest absolute Gasteiger partial charge is 0.339 e. The van der Waals surface area contributed by atoms with Gasteiger partial charge in [0, 0.05) is 13.1 Å². The molecule has 4 rings (SSSR count). The van der Waals surface area contributed by atoms with E-state index in [2.05, 4.69) is 6.92 Å². The first-order valence-corrected chi connectivity index (χ1v) is 12.4. The van der Waals surface area contributed by atoms with Crippen molar-refractivity contribution in [1.82, 2.24) is 4.90 Å². The fourth-order valence-electron chi connectivity index (χ4n) is 4.02. The van der Waals surface area contributed by atoms with Gasteiger partial charge in [0.25, 0.3) is 15.9 Å². The van der Waals surface area contributed by atoms with Crippen molar-refractivity contribution in [2.24, 2.45) is 5.92 Å². The van der Waals surface area contributed by atoms with Crippen LogP contribution in [0.5, 0.6) is 0 Å². The van der Waals surface area contributed by atoms with Crippen molar-refractivity contribution in [3.63, 3.8) is 0 Å². The molecule has 3 aromatic rings. The van der Waals surface area contributed by atoms with E-state index in [4.69, 9.17) is 0 Å². The predicted molar refractivity (Wildman–Crippen MR) is 127 cm³/mol. The summed E-state index contributed by atoms with van der Waals surface area (Å²) in [5, 5.41) is 0. The molecule has 0 aromatic heterocycles. The monoisotopic (exact) mass is 448 g/mol. The molecule has 0 bridgehead atoms. The molecular formula is C26H28N2O3S. The first-order valence-electron chi connectivity index (χ1n) is 11.0. The molecule has 6 heteroatoms. The molecule has 0 atom stereocenters. The van der Waals surface area contributed by atoms with Crippen molar-refractivity contribution in [2.45, 2.75) is 31.2 Å². The molecule has 32 heavy (non-hydrogen) atoms. The molecule has 1 amide bonds. The van der Waals surface area contributed by atoms with E-state index in [1.165, 1.54) is 4.31 Å². The molecule has 1 heterocycles. The van der Waals surface area contributed by atoms with Crippen LogP contribution in [0, 0.1) is 5.92 Å². The average molecular weight is 449 g/mol. The SMILES string of the molecule is CC1CCN(C(=O)c2ccccc2N(Cc2ccccc2)S(=O)(=O)c2ccccc2)CC1. The van der Waals surface area contributed by atoms with Gasteiger partial charge in [0.05, 0.1) is 22.7 Å². The summed E-state index contributed by atoms with van der Waals surface area (Å²) in [6.45, 7) is 3.72. The third kappa shape index (κ3) is 4.70. The van der Waals surface area contributed by atoms with Gasteiger partial charge in [-0.1, -0.05) is 67.6 Å². The molecule has 3 aromatic carbocycles. The molecule has 0 N–H and O–H groups in total. The highest BCUT2D eigenvalue weighted by Crippen LogP contribution is 2.31. The molecule has 166 valence electrons. The van der Waals surface area contributed by atoms with Crippen LogP contribution in [0.2, 0.25) is 0 Å². The van der Waals surface area contributed by atoms with Crippen LogP contribution < -0.4 is 4.31 Å². The highest BCUT2D eigenvalue weighted by atomic mass is 32.2. The van der Waals surface area contributed by atoms with Gasteiger partial charge < -0.3 is 4.90 Å². The molecule has 1 fully saturated rings. The third-order valence-electron chi connectivity index (χ3n) is 5.97. The normalized spacial score (nSPS) is 14.8. The highest BCUT2D eigenvalue weighted by molar-refractivity contribution is 7.92. The molecule has 0 saturated carbocycles. The van der Waals surface area contributed by atoms with Gasteiger partial charge in [-0.15, -0.1) is 0 Å². The average Bonchev–Trinajstić information content (AvgIpc) is 2.84. The highest BCUT2D eigenvalue weighted by Gasteiger charge is 2.30. The van der Waals surface area contributed by atoms with Crippen LogP contribution in [0.1, 0.15) is 35.7 Å². The zero-order chi connectivity index (χ0) is 22.6. The minimum absolute atomic E-state index is 0.117. The fraction of sp³-hybridized carbons (Fsp3) is 0.269. The van der Waals surface area contributed by atoms with Gasteiger partial charge in [-0.2, -0.15) is 0 Å². The molecule has 1 aliphatic heterocycles. The third-order valence-corrected chi connectivity index (χ3v) is 7.75. The second-order valence-corrected chi connectivity index (χ2v) is 10.2. The number of piperidine rings is 1. The maximum Gasteiger partial charge on any atom is 0.264 e. The summed E-state index contributed by atoms with van der Waals surface area (Å²) in [5.41, 5.74) is 1.67. The summed E-state index contributed by atoms with van der Waals surface area (Å²) in [7, 11) is -3.89. The van der Waals surface area contributed by atoms with Gasteiger partial charge in [0.1, 0.15) is 0 Å². The predicted octanol–water partition coefficient (Wildman–Crippen LogP) is 4.95. The van der Waals surface area contributed by atoms with Crippen molar-refractivity contribution in [3.05, 3.63) is 96.1 Å². The number of anilines is 1. The van der Waals surface area contributed by atoms with Crippen molar-refractivity contribution < 1.29 is 13.2 Å². The summed E-state index contributed by atoms with van der Waals surface area (Å²) in [5.74, 6) is 0.483. The van der Waals surface area contributed by atoms with E-state index in [1.54, 1.807) is 54.6 Å². The summed E-state index contributed by atoms with van der Waals surface area (Å²) < 4.78 is 28.8. The van der Waals surface area contributed by atoms with E-state index < -0.39 is 10.0 Å². The van der Waals surface area contributed by atoms with Crippen molar-refractivity contribution >= 4 is 21.6 Å². The van der Waals surface area contributed by atoms with Gasteiger partial charge in [0.2, 0.25) is 0 Å². The standard InChI is InChI=1S/C26H28N2O3S/c1-21-16-18-27(19-17-21)26(29)24-14-8-9-15-25(24)28(20-22-10-4-2-5-11-22)32(30,31)23-12-6-3-7-13-23/h2-15,21H,16-20H2,1H3. The number of likely N-dealkylation sites (tertiary alicyclic amines) is 1. The van der Waals surface area contributed by atoms with E-state index >= 15 is 0 Å². The van der Waals surface area contributed by atoms with Gasteiger partial charge in [0.15, 0.2) is 0 Å². The van der Waals surface area contributed by atoms with Gasteiger partial charge >= 0.3 is 0 Å². The van der Waals surface area contributed by atoms with Crippen LogP contribution in [-0.2, 0) is 16.6 Å². The number of hydrogen-bond acceptors (Lipinski definition) is 3. The number of benzene rings is 3. The number of hydrogen-bond donors (Lipinski definition) is 0. The molecular weight excluding hydrogens is 420 g/mol. The van der Waals surface area contributed by atoms with Crippen molar-refractivity contribution in [2.75, 3.05) is 17.4 Å². The second kappa shape index (κ2) is 9.57. The Bertz CT molecular complexity index is 1160. The zero-order valence-corrected chi connectivity index (χ0v) is 19.0. The Labute approximate surface area is 190 Å². The number of amides is 1. The quantitative estimate of drug-likeness (QED) is 0.536. The fourth-order valence-corrected chi connectivity index (χ4v) is 5.52. The molecule has 0 radical (unpaired) electrons. The number of nitrogens with zero attached hydrogens (tertiary/aromatic N) is 2. The summed E-state index contributed by atoms with van der Waals surface area (Å²) in [4.78, 5) is 15.5. The number of para-hydroxylation sites is 1. The van der Waals surface area contributed by atoms with Gasteiger partial charge in [-0.3, -0.25) is 9.10 Å². The molecule has 1 aliphatic rings. The van der Waals surface area contributed by atoms with Crippen LogP contribution in [0.4, 0.5) is 5.69 Å². The zero-order valence-electron chi connectivity index (χ0n) is 18.2. The van der Waals surface area contributed by atoms with Crippen molar-refractivity contribution in [1.29, 1.82) is 0 Å². The Morgan fingerprint density at radius 1 is 0.875 bits per heavy atom. The lowest BCUT2D eigenvalue weighted by molar-refractivity contribution is 0.0698. The number of rotatable bonds is 6. The number of sulfonamides is 1. The minimum atomic E-state index is -3.89. The lowest BCUT2D eigenvalue weighted by atomic mass is 9.98.